The van der Waals surface area contributed by atoms with Crippen LogP contribution in [0.25, 0.3) is 0 Å². The van der Waals surface area contributed by atoms with Crippen molar-refractivity contribution in [3.05, 3.63) is 11.1 Å². The summed E-state index contributed by atoms with van der Waals surface area (Å²) in [7, 11) is 0. The number of anilines is 1. The van der Waals surface area contributed by atoms with Crippen molar-refractivity contribution in [1.29, 1.82) is 0 Å². The van der Waals surface area contributed by atoms with Gasteiger partial charge >= 0.3 is 6.09 Å². The Balaban J connectivity index is 1.58. The normalized spacial score (nSPS) is 21.2. The van der Waals surface area contributed by atoms with Crippen LogP contribution in [0.2, 0.25) is 0 Å². The maximum Gasteiger partial charge on any atom is 0.410 e. The molecule has 0 N–H and O–H groups in total. The molecule has 1 aromatic rings. The van der Waals surface area contributed by atoms with Gasteiger partial charge < -0.3 is 14.5 Å². The van der Waals surface area contributed by atoms with Crippen LogP contribution < -0.4 is 4.90 Å². The number of hydrogen-bond acceptors (Lipinski definition) is 6. The second-order valence-corrected chi connectivity index (χ2v) is 8.75. The summed E-state index contributed by atoms with van der Waals surface area (Å²) < 4.78 is 5.47. The third kappa shape index (κ3) is 4.28. The number of carbonyl (C=O) groups is 2. The highest BCUT2D eigenvalue weighted by Gasteiger charge is 2.39. The Morgan fingerprint density at radius 1 is 1.19 bits per heavy atom. The lowest BCUT2D eigenvalue weighted by atomic mass is 10.1. The zero-order chi connectivity index (χ0) is 18.9. The molecule has 3 rings (SSSR count). The van der Waals surface area contributed by atoms with Gasteiger partial charge in [0.1, 0.15) is 11.6 Å². The van der Waals surface area contributed by atoms with E-state index >= 15 is 0 Å². The lowest BCUT2D eigenvalue weighted by Crippen LogP contribution is -2.54. The van der Waals surface area contributed by atoms with Crippen LogP contribution in [-0.4, -0.2) is 71.2 Å². The molecule has 0 spiro atoms. The summed E-state index contributed by atoms with van der Waals surface area (Å²) in [6, 6.07) is -0.390. The summed E-state index contributed by atoms with van der Waals surface area (Å²) in [6.07, 6.45) is 1.17. The number of thiazole rings is 1. The van der Waals surface area contributed by atoms with Crippen LogP contribution in [0.15, 0.2) is 5.38 Å². The number of carbonyl (C=O) groups excluding carboxylic acids is 2. The van der Waals surface area contributed by atoms with Gasteiger partial charge in [-0.15, -0.1) is 11.3 Å². The standard InChI is InChI=1S/C18H28N4O3S/c1-13-12-26-16(19-13)21-10-8-20(9-11-21)15(23)14-6-5-7-22(14)17(24)25-18(2,3)4/h12,14H,5-11H2,1-4H3/t14-/m0/s1. The van der Waals surface area contributed by atoms with E-state index in [1.807, 2.05) is 38.0 Å². The van der Waals surface area contributed by atoms with E-state index in [1.54, 1.807) is 16.2 Å². The molecule has 2 saturated heterocycles. The second kappa shape index (κ2) is 7.42. The highest BCUT2D eigenvalue weighted by Crippen LogP contribution is 2.25. The van der Waals surface area contributed by atoms with Gasteiger partial charge in [0.2, 0.25) is 5.91 Å². The molecule has 0 aromatic carbocycles. The number of ether oxygens (including phenoxy) is 1. The van der Waals surface area contributed by atoms with Crippen molar-refractivity contribution < 1.29 is 14.3 Å². The first-order valence-corrected chi connectivity index (χ1v) is 10.1. The number of hydrogen-bond donors (Lipinski definition) is 0. The van der Waals surface area contributed by atoms with E-state index in [0.717, 1.165) is 30.3 Å². The quantitative estimate of drug-likeness (QED) is 0.789. The smallest absolute Gasteiger partial charge is 0.410 e. The van der Waals surface area contributed by atoms with Crippen LogP contribution in [0.5, 0.6) is 0 Å². The number of nitrogens with zero attached hydrogens (tertiary/aromatic N) is 4. The predicted molar refractivity (Wildman–Crippen MR) is 102 cm³/mol. The molecule has 2 amide bonds. The minimum absolute atomic E-state index is 0.0447. The van der Waals surface area contributed by atoms with Crippen molar-refractivity contribution in [2.45, 2.75) is 52.2 Å². The molecule has 0 aliphatic carbocycles. The van der Waals surface area contributed by atoms with Gasteiger partial charge in [0, 0.05) is 38.1 Å². The van der Waals surface area contributed by atoms with Gasteiger partial charge in [0.15, 0.2) is 5.13 Å². The van der Waals surface area contributed by atoms with Crippen molar-refractivity contribution in [2.75, 3.05) is 37.6 Å². The van der Waals surface area contributed by atoms with Gasteiger partial charge in [-0.25, -0.2) is 9.78 Å². The molecular weight excluding hydrogens is 352 g/mol. The van der Waals surface area contributed by atoms with Crippen molar-refractivity contribution in [1.82, 2.24) is 14.8 Å². The fourth-order valence-corrected chi connectivity index (χ4v) is 4.24. The summed E-state index contributed by atoms with van der Waals surface area (Å²) in [5, 5.41) is 3.07. The summed E-state index contributed by atoms with van der Waals surface area (Å²) >= 11 is 1.64. The van der Waals surface area contributed by atoms with E-state index < -0.39 is 11.6 Å². The Kier molecular flexibility index (Phi) is 5.41. The van der Waals surface area contributed by atoms with Crippen molar-refractivity contribution in [3.63, 3.8) is 0 Å². The number of aromatic nitrogens is 1. The highest BCUT2D eigenvalue weighted by atomic mass is 32.1. The Morgan fingerprint density at radius 3 is 2.46 bits per heavy atom. The van der Waals surface area contributed by atoms with E-state index in [2.05, 4.69) is 9.88 Å². The molecule has 0 saturated carbocycles. The van der Waals surface area contributed by atoms with Crippen LogP contribution in [0.1, 0.15) is 39.3 Å². The molecule has 0 bridgehead atoms. The average molecular weight is 381 g/mol. The molecule has 7 nitrogen and oxygen atoms in total. The summed E-state index contributed by atoms with van der Waals surface area (Å²) in [5.74, 6) is 0.0447. The lowest BCUT2D eigenvalue weighted by molar-refractivity contribution is -0.136. The second-order valence-electron chi connectivity index (χ2n) is 7.92. The Bertz CT molecular complexity index is 662. The summed E-state index contributed by atoms with van der Waals surface area (Å²) in [5.41, 5.74) is 0.479. The fourth-order valence-electron chi connectivity index (χ4n) is 3.38. The average Bonchev–Trinajstić information content (AvgIpc) is 3.22. The minimum Gasteiger partial charge on any atom is -0.444 e. The number of rotatable bonds is 2. The first-order chi connectivity index (χ1) is 12.2. The molecule has 0 unspecified atom stereocenters. The van der Waals surface area contributed by atoms with E-state index in [-0.39, 0.29) is 12.0 Å². The first-order valence-electron chi connectivity index (χ1n) is 9.20. The molecule has 2 aliphatic heterocycles. The van der Waals surface area contributed by atoms with Crippen LogP contribution in [0.4, 0.5) is 9.93 Å². The maximum absolute atomic E-state index is 13.0. The largest absolute Gasteiger partial charge is 0.444 e. The maximum atomic E-state index is 13.0. The van der Waals surface area contributed by atoms with Crippen molar-refractivity contribution >= 4 is 28.5 Å². The molecule has 0 radical (unpaired) electrons. The minimum atomic E-state index is -0.551. The molecule has 2 aliphatic rings. The third-order valence-corrected chi connectivity index (χ3v) is 5.65. The zero-order valence-corrected chi connectivity index (χ0v) is 16.8. The Labute approximate surface area is 158 Å². The van der Waals surface area contributed by atoms with E-state index in [1.165, 1.54) is 0 Å². The lowest BCUT2D eigenvalue weighted by Gasteiger charge is -2.37. The SMILES string of the molecule is Cc1csc(N2CCN(C(=O)[C@@H]3CCCN3C(=O)OC(C)(C)C)CC2)n1. The molecular formula is C18H28N4O3S. The van der Waals surface area contributed by atoms with Crippen molar-refractivity contribution in [3.8, 4) is 0 Å². The fraction of sp³-hybridized carbons (Fsp3) is 0.722. The Morgan fingerprint density at radius 2 is 1.88 bits per heavy atom. The van der Waals surface area contributed by atoms with Crippen LogP contribution >= 0.6 is 11.3 Å². The number of aryl methyl sites for hydroxylation is 1. The molecule has 26 heavy (non-hydrogen) atoms. The first kappa shape index (κ1) is 18.9. The van der Waals surface area contributed by atoms with Crippen LogP contribution in [0, 0.1) is 6.92 Å². The molecule has 144 valence electrons. The summed E-state index contributed by atoms with van der Waals surface area (Å²) in [6.45, 7) is 11.0. The van der Waals surface area contributed by atoms with E-state index in [9.17, 15) is 9.59 Å². The van der Waals surface area contributed by atoms with E-state index in [4.69, 9.17) is 4.74 Å². The third-order valence-electron chi connectivity index (χ3n) is 4.63. The van der Waals surface area contributed by atoms with E-state index in [0.29, 0.717) is 26.1 Å². The predicted octanol–water partition coefficient (Wildman–Crippen LogP) is 2.50. The zero-order valence-electron chi connectivity index (χ0n) is 16.0. The monoisotopic (exact) mass is 380 g/mol. The molecule has 8 heteroatoms. The van der Waals surface area contributed by atoms with Gasteiger partial charge in [-0.1, -0.05) is 0 Å². The number of piperazine rings is 1. The molecule has 2 fully saturated rings. The van der Waals surface area contributed by atoms with Gasteiger partial charge in [-0.2, -0.15) is 0 Å². The van der Waals surface area contributed by atoms with Crippen LogP contribution in [0.3, 0.4) is 0 Å². The topological polar surface area (TPSA) is 66.0 Å². The number of likely N-dealkylation sites (tertiary alicyclic amines) is 1. The van der Waals surface area contributed by atoms with Gasteiger partial charge in [-0.05, 0) is 40.5 Å². The summed E-state index contributed by atoms with van der Waals surface area (Å²) in [4.78, 5) is 35.6. The van der Waals surface area contributed by atoms with Gasteiger partial charge in [0.25, 0.3) is 0 Å². The molecule has 3 heterocycles. The highest BCUT2D eigenvalue weighted by molar-refractivity contribution is 7.13. The Hall–Kier alpha value is -1.83. The molecule has 1 aromatic heterocycles. The van der Waals surface area contributed by atoms with Crippen LogP contribution in [-0.2, 0) is 9.53 Å². The van der Waals surface area contributed by atoms with Crippen molar-refractivity contribution in [2.24, 2.45) is 0 Å². The molecule has 1 atom stereocenters. The van der Waals surface area contributed by atoms with Gasteiger partial charge in [0.05, 0.1) is 5.69 Å². The number of amides is 2. The van der Waals surface area contributed by atoms with Gasteiger partial charge in [-0.3, -0.25) is 9.69 Å².